The normalized spacial score (nSPS) is 11.6. The van der Waals surface area contributed by atoms with E-state index in [1.807, 2.05) is 18.2 Å². The van der Waals surface area contributed by atoms with Crippen LogP contribution in [0.2, 0.25) is 0 Å². The fourth-order valence-corrected chi connectivity index (χ4v) is 6.91. The van der Waals surface area contributed by atoms with Gasteiger partial charge in [-0.05, 0) is 106 Å². The molecular weight excluding hydrogens is 621 g/mol. The molecule has 3 heteroatoms. The van der Waals surface area contributed by atoms with Crippen LogP contribution in [0.1, 0.15) is 0 Å². The molecule has 0 N–H and O–H groups in total. The molecule has 0 fully saturated rings. The number of para-hydroxylation sites is 3. The molecule has 0 unspecified atom stereocenters. The highest BCUT2D eigenvalue weighted by atomic mass is 16.5. The molecule has 8 aromatic rings. The van der Waals surface area contributed by atoms with Gasteiger partial charge in [-0.1, -0.05) is 133 Å². The molecule has 1 aliphatic heterocycles. The minimum Gasteiger partial charge on any atom is -0.453 e. The van der Waals surface area contributed by atoms with Crippen LogP contribution in [0.15, 0.2) is 206 Å². The Labute approximate surface area is 298 Å². The van der Waals surface area contributed by atoms with E-state index in [4.69, 9.17) is 4.74 Å². The van der Waals surface area contributed by atoms with Gasteiger partial charge in [0, 0.05) is 22.7 Å². The maximum Gasteiger partial charge on any atom is 0.152 e. The zero-order valence-electron chi connectivity index (χ0n) is 27.9. The molecule has 3 nitrogen and oxygen atoms in total. The van der Waals surface area contributed by atoms with Crippen LogP contribution >= 0.6 is 0 Å². The molecule has 0 radical (unpaired) electrons. The van der Waals surface area contributed by atoms with Gasteiger partial charge in [0.05, 0.1) is 11.4 Å². The van der Waals surface area contributed by atoms with E-state index in [1.54, 1.807) is 0 Å². The molecular formula is C48H34N2O. The summed E-state index contributed by atoms with van der Waals surface area (Å²) < 4.78 is 6.50. The largest absolute Gasteiger partial charge is 0.453 e. The molecule has 0 spiro atoms. The minimum absolute atomic E-state index is 0.831. The smallest absolute Gasteiger partial charge is 0.152 e. The van der Waals surface area contributed by atoms with Gasteiger partial charge in [-0.2, -0.15) is 0 Å². The predicted octanol–water partition coefficient (Wildman–Crippen LogP) is 13.7. The third-order valence-electron chi connectivity index (χ3n) is 9.47. The number of benzene rings is 8. The Morgan fingerprint density at radius 3 is 1.24 bits per heavy atom. The summed E-state index contributed by atoms with van der Waals surface area (Å²) in [6.07, 6.45) is 0. The summed E-state index contributed by atoms with van der Waals surface area (Å²) in [6, 6.07) is 72.6. The Hall–Kier alpha value is -6.84. The van der Waals surface area contributed by atoms with E-state index in [-0.39, 0.29) is 0 Å². The molecule has 8 aromatic carbocycles. The fourth-order valence-electron chi connectivity index (χ4n) is 6.91. The standard InChI is InChI=1S/C48H34N2O/c1-4-12-35(13-5-1)37-20-27-42(28-21-37)49(43-29-22-38(23-30-43)36-14-6-2-7-15-36)44-31-24-39(25-32-44)40-26-33-46-48(34-40)51-47-19-11-10-18-45(47)50(46)41-16-8-3-9-17-41/h1-34H. The molecule has 1 aliphatic rings. The van der Waals surface area contributed by atoms with Crippen molar-refractivity contribution in [1.82, 2.24) is 0 Å². The van der Waals surface area contributed by atoms with Crippen molar-refractivity contribution in [2.75, 3.05) is 9.80 Å². The molecule has 0 saturated heterocycles. The summed E-state index contributed by atoms with van der Waals surface area (Å²) >= 11 is 0. The van der Waals surface area contributed by atoms with Crippen LogP contribution in [0, 0.1) is 0 Å². The summed E-state index contributed by atoms with van der Waals surface area (Å²) in [5, 5.41) is 0. The Kier molecular flexibility index (Phi) is 7.84. The van der Waals surface area contributed by atoms with Gasteiger partial charge in [-0.25, -0.2) is 0 Å². The lowest BCUT2D eigenvalue weighted by Crippen LogP contribution is -2.15. The van der Waals surface area contributed by atoms with Crippen molar-refractivity contribution in [3.8, 4) is 44.9 Å². The van der Waals surface area contributed by atoms with Crippen LogP contribution in [0.3, 0.4) is 0 Å². The second-order valence-electron chi connectivity index (χ2n) is 12.6. The van der Waals surface area contributed by atoms with E-state index in [1.165, 1.54) is 22.3 Å². The number of fused-ring (bicyclic) bond motifs is 2. The Morgan fingerprint density at radius 1 is 0.314 bits per heavy atom. The summed E-state index contributed by atoms with van der Waals surface area (Å²) in [5.74, 6) is 1.67. The molecule has 0 atom stereocenters. The highest BCUT2D eigenvalue weighted by molar-refractivity contribution is 5.88. The average molecular weight is 655 g/mol. The second-order valence-corrected chi connectivity index (χ2v) is 12.6. The molecule has 9 rings (SSSR count). The molecule has 0 aliphatic carbocycles. The lowest BCUT2D eigenvalue weighted by Gasteiger charge is -2.33. The number of ether oxygens (including phenoxy) is 1. The highest BCUT2D eigenvalue weighted by Crippen LogP contribution is 2.51. The van der Waals surface area contributed by atoms with Crippen molar-refractivity contribution < 1.29 is 4.74 Å². The first-order valence-corrected chi connectivity index (χ1v) is 17.3. The Morgan fingerprint density at radius 2 is 0.706 bits per heavy atom. The maximum absolute atomic E-state index is 6.50. The summed E-state index contributed by atoms with van der Waals surface area (Å²) in [7, 11) is 0. The quantitative estimate of drug-likeness (QED) is 0.170. The van der Waals surface area contributed by atoms with E-state index >= 15 is 0 Å². The van der Waals surface area contributed by atoms with Crippen molar-refractivity contribution in [3.63, 3.8) is 0 Å². The summed E-state index contributed by atoms with van der Waals surface area (Å²) in [6.45, 7) is 0. The molecule has 1 heterocycles. The van der Waals surface area contributed by atoms with Gasteiger partial charge in [-0.15, -0.1) is 0 Å². The van der Waals surface area contributed by atoms with Crippen LogP contribution in [0.5, 0.6) is 11.5 Å². The molecule has 242 valence electrons. The number of nitrogens with zero attached hydrogens (tertiary/aromatic N) is 2. The molecule has 0 saturated carbocycles. The predicted molar refractivity (Wildman–Crippen MR) is 212 cm³/mol. The third kappa shape index (κ3) is 5.92. The first-order valence-electron chi connectivity index (χ1n) is 17.3. The van der Waals surface area contributed by atoms with Gasteiger partial charge in [0.2, 0.25) is 0 Å². The third-order valence-corrected chi connectivity index (χ3v) is 9.47. The number of rotatable bonds is 7. The second kappa shape index (κ2) is 13.2. The van der Waals surface area contributed by atoms with E-state index < -0.39 is 0 Å². The minimum atomic E-state index is 0.831. The first-order chi connectivity index (χ1) is 25.3. The van der Waals surface area contributed by atoms with E-state index in [0.29, 0.717) is 0 Å². The lowest BCUT2D eigenvalue weighted by atomic mass is 10.0. The van der Waals surface area contributed by atoms with Crippen LogP contribution in [0.25, 0.3) is 33.4 Å². The van der Waals surface area contributed by atoms with E-state index in [2.05, 4.69) is 198 Å². The summed E-state index contributed by atoms with van der Waals surface area (Å²) in [4.78, 5) is 4.59. The van der Waals surface area contributed by atoms with Crippen LogP contribution in [-0.2, 0) is 0 Å². The number of anilines is 6. The average Bonchev–Trinajstić information content (AvgIpc) is 3.21. The van der Waals surface area contributed by atoms with Gasteiger partial charge >= 0.3 is 0 Å². The molecule has 0 bridgehead atoms. The SMILES string of the molecule is c1ccc(-c2ccc(N(c3ccc(-c4ccccc4)cc3)c3ccc(-c4ccc5c(c4)Oc4ccccc4N5c4ccccc4)cc3)cc2)cc1. The molecule has 51 heavy (non-hydrogen) atoms. The maximum atomic E-state index is 6.50. The topological polar surface area (TPSA) is 15.7 Å². The highest BCUT2D eigenvalue weighted by Gasteiger charge is 2.26. The van der Waals surface area contributed by atoms with Crippen LogP contribution in [-0.4, -0.2) is 0 Å². The number of hydrogen-bond acceptors (Lipinski definition) is 3. The lowest BCUT2D eigenvalue weighted by molar-refractivity contribution is 0.477. The van der Waals surface area contributed by atoms with Gasteiger partial charge in [0.25, 0.3) is 0 Å². The van der Waals surface area contributed by atoms with Gasteiger partial charge in [0.1, 0.15) is 0 Å². The fraction of sp³-hybridized carbons (Fsp3) is 0. The van der Waals surface area contributed by atoms with Crippen LogP contribution in [0.4, 0.5) is 34.1 Å². The number of hydrogen-bond donors (Lipinski definition) is 0. The Bertz CT molecular complexity index is 2320. The van der Waals surface area contributed by atoms with Crippen molar-refractivity contribution in [1.29, 1.82) is 0 Å². The van der Waals surface area contributed by atoms with Crippen molar-refractivity contribution in [2.24, 2.45) is 0 Å². The molecule has 0 aromatic heterocycles. The van der Waals surface area contributed by atoms with Gasteiger partial charge in [0.15, 0.2) is 11.5 Å². The monoisotopic (exact) mass is 654 g/mol. The zero-order chi connectivity index (χ0) is 34.0. The van der Waals surface area contributed by atoms with E-state index in [9.17, 15) is 0 Å². The Balaban J connectivity index is 1.07. The zero-order valence-corrected chi connectivity index (χ0v) is 27.9. The van der Waals surface area contributed by atoms with Crippen molar-refractivity contribution >= 4 is 34.1 Å². The van der Waals surface area contributed by atoms with Crippen molar-refractivity contribution in [3.05, 3.63) is 206 Å². The summed E-state index contributed by atoms with van der Waals surface area (Å²) in [5.41, 5.74) is 13.4. The molecule has 0 amide bonds. The van der Waals surface area contributed by atoms with Crippen molar-refractivity contribution in [2.45, 2.75) is 0 Å². The van der Waals surface area contributed by atoms with Gasteiger partial charge < -0.3 is 14.5 Å². The first kappa shape index (κ1) is 30.2. The van der Waals surface area contributed by atoms with E-state index in [0.717, 1.165) is 56.8 Å². The van der Waals surface area contributed by atoms with Gasteiger partial charge in [-0.3, -0.25) is 0 Å². The van der Waals surface area contributed by atoms with Crippen LogP contribution < -0.4 is 14.5 Å².